The monoisotopic (exact) mass is 449 g/mol. The Kier molecular flexibility index (Phi) is 7.79. The topological polar surface area (TPSA) is 120 Å². The number of halogens is 1. The second-order valence-electron chi connectivity index (χ2n) is 7.81. The first-order valence-corrected chi connectivity index (χ1v) is 11.2. The fourth-order valence-corrected chi connectivity index (χ4v) is 5.27. The molecule has 0 bridgehead atoms. The van der Waals surface area contributed by atoms with Gasteiger partial charge < -0.3 is 9.47 Å². The standard InChI is InChI=1S/C18H29FN3O7P/c1-10(2)22(11(3)4)30(19,26)29-14-7-16(28-15(14)9-27-13(6)23)21-8-12(5)17(24)20-18(21)25/h8,10-11,14-16H,7,9H2,1-6H3,(H,20,24,25)/t14-,15+,16+,30?/m0/s1. The molecule has 1 aromatic rings. The van der Waals surface area contributed by atoms with Gasteiger partial charge >= 0.3 is 19.5 Å². The number of aromatic nitrogens is 2. The minimum Gasteiger partial charge on any atom is -0.463 e. The molecule has 0 amide bonds. The third-order valence-electron chi connectivity index (χ3n) is 4.69. The van der Waals surface area contributed by atoms with Crippen LogP contribution in [0, 0.1) is 6.92 Å². The van der Waals surface area contributed by atoms with Crippen molar-refractivity contribution in [1.82, 2.24) is 14.2 Å². The van der Waals surface area contributed by atoms with Gasteiger partial charge in [-0.25, -0.2) is 14.0 Å². The Morgan fingerprint density at radius 1 is 1.37 bits per heavy atom. The van der Waals surface area contributed by atoms with E-state index >= 15 is 4.20 Å². The lowest BCUT2D eigenvalue weighted by molar-refractivity contribution is -0.147. The van der Waals surface area contributed by atoms with Crippen LogP contribution in [0.3, 0.4) is 0 Å². The highest BCUT2D eigenvalue weighted by atomic mass is 31.2. The summed E-state index contributed by atoms with van der Waals surface area (Å²) in [4.78, 5) is 37.2. The second kappa shape index (κ2) is 9.55. The molecule has 0 radical (unpaired) electrons. The van der Waals surface area contributed by atoms with Gasteiger partial charge in [-0.1, -0.05) is 0 Å². The molecule has 1 aliphatic heterocycles. The van der Waals surface area contributed by atoms with Crippen molar-refractivity contribution < 1.29 is 27.6 Å². The van der Waals surface area contributed by atoms with Gasteiger partial charge in [0, 0.05) is 37.2 Å². The molecule has 0 aromatic carbocycles. The predicted molar refractivity (Wildman–Crippen MR) is 107 cm³/mol. The van der Waals surface area contributed by atoms with E-state index in [1.807, 2.05) is 0 Å². The Labute approximate surface area is 173 Å². The van der Waals surface area contributed by atoms with Crippen LogP contribution >= 0.6 is 7.83 Å². The van der Waals surface area contributed by atoms with Gasteiger partial charge in [-0.3, -0.25) is 23.7 Å². The van der Waals surface area contributed by atoms with Crippen LogP contribution in [0.2, 0.25) is 0 Å². The number of H-pyrrole nitrogens is 1. The fourth-order valence-electron chi connectivity index (χ4n) is 3.50. The van der Waals surface area contributed by atoms with Crippen LogP contribution in [0.25, 0.3) is 0 Å². The van der Waals surface area contributed by atoms with Crippen molar-refractivity contribution in [3.8, 4) is 0 Å². The quantitative estimate of drug-likeness (QED) is 0.474. The van der Waals surface area contributed by atoms with Gasteiger partial charge in [0.2, 0.25) is 0 Å². The van der Waals surface area contributed by atoms with E-state index in [9.17, 15) is 18.9 Å². The van der Waals surface area contributed by atoms with Crippen molar-refractivity contribution in [1.29, 1.82) is 0 Å². The first-order valence-electron chi connectivity index (χ1n) is 9.71. The summed E-state index contributed by atoms with van der Waals surface area (Å²) in [6.07, 6.45) is -1.64. The molecule has 170 valence electrons. The summed E-state index contributed by atoms with van der Waals surface area (Å²) in [6, 6.07) is -0.786. The zero-order chi connectivity index (χ0) is 22.8. The molecule has 12 heteroatoms. The molecule has 2 rings (SSSR count). The van der Waals surface area contributed by atoms with Gasteiger partial charge in [-0.15, -0.1) is 4.20 Å². The van der Waals surface area contributed by atoms with Crippen LogP contribution in [-0.2, 0) is 23.4 Å². The van der Waals surface area contributed by atoms with E-state index in [1.165, 1.54) is 20.0 Å². The minimum atomic E-state index is -4.73. The summed E-state index contributed by atoms with van der Waals surface area (Å²) >= 11 is 0. The van der Waals surface area contributed by atoms with Crippen LogP contribution in [0.4, 0.5) is 4.20 Å². The number of rotatable bonds is 8. The summed E-state index contributed by atoms with van der Waals surface area (Å²) in [5.74, 6) is -0.577. The Morgan fingerprint density at radius 2 is 1.97 bits per heavy atom. The number of nitrogens with zero attached hydrogens (tertiary/aromatic N) is 2. The second-order valence-corrected chi connectivity index (χ2v) is 9.38. The molecule has 1 N–H and O–H groups in total. The molecule has 10 nitrogen and oxygen atoms in total. The number of hydrogen-bond acceptors (Lipinski definition) is 7. The number of aromatic amines is 1. The largest absolute Gasteiger partial charge is 0.463 e. The van der Waals surface area contributed by atoms with Gasteiger partial charge in [-0.2, -0.15) is 0 Å². The summed E-state index contributed by atoms with van der Waals surface area (Å²) < 4.78 is 46.4. The van der Waals surface area contributed by atoms with Crippen molar-refractivity contribution in [2.75, 3.05) is 6.61 Å². The van der Waals surface area contributed by atoms with Crippen LogP contribution in [0.15, 0.2) is 15.8 Å². The van der Waals surface area contributed by atoms with Crippen LogP contribution in [-0.4, -0.2) is 51.1 Å². The van der Waals surface area contributed by atoms with E-state index < -0.39 is 55.6 Å². The highest BCUT2D eigenvalue weighted by Gasteiger charge is 2.46. The summed E-state index contributed by atoms with van der Waals surface area (Å²) in [5.41, 5.74) is -0.964. The number of ether oxygens (including phenoxy) is 2. The molecule has 1 aliphatic rings. The molecule has 1 aromatic heterocycles. The van der Waals surface area contributed by atoms with Gasteiger partial charge in [0.05, 0.1) is 0 Å². The minimum absolute atomic E-state index is 0.0325. The highest BCUT2D eigenvalue weighted by molar-refractivity contribution is 7.50. The lowest BCUT2D eigenvalue weighted by Gasteiger charge is -2.33. The maximum absolute atomic E-state index is 15.2. The Hall–Kier alpha value is -1.81. The first kappa shape index (κ1) is 24.5. The van der Waals surface area contributed by atoms with Gasteiger partial charge in [0.15, 0.2) is 0 Å². The van der Waals surface area contributed by atoms with Crippen molar-refractivity contribution in [2.24, 2.45) is 0 Å². The SMILES string of the molecule is CC(=O)OC[C@H]1O[C@@H](n2cc(C)c(=O)[nH]c2=O)C[C@@H]1OP(=O)(F)N(C(C)C)C(C)C. The highest BCUT2D eigenvalue weighted by Crippen LogP contribution is 2.57. The lowest BCUT2D eigenvalue weighted by Crippen LogP contribution is -2.36. The van der Waals surface area contributed by atoms with Crippen LogP contribution in [0.5, 0.6) is 0 Å². The number of nitrogens with one attached hydrogen (secondary N) is 1. The maximum atomic E-state index is 15.2. The van der Waals surface area contributed by atoms with Crippen LogP contribution in [0.1, 0.15) is 52.8 Å². The third-order valence-corrected chi connectivity index (χ3v) is 6.69. The Balaban J connectivity index is 2.32. The van der Waals surface area contributed by atoms with E-state index in [2.05, 4.69) is 4.98 Å². The number of esters is 1. The normalized spacial score (nSPS) is 23.9. The zero-order valence-electron chi connectivity index (χ0n) is 18.0. The van der Waals surface area contributed by atoms with Gasteiger partial charge in [-0.05, 0) is 34.6 Å². The van der Waals surface area contributed by atoms with Gasteiger partial charge in [0.1, 0.15) is 25.0 Å². The van der Waals surface area contributed by atoms with Gasteiger partial charge in [0.25, 0.3) is 5.56 Å². The maximum Gasteiger partial charge on any atom is 0.446 e. The van der Waals surface area contributed by atoms with Crippen molar-refractivity contribution >= 4 is 13.8 Å². The lowest BCUT2D eigenvalue weighted by atomic mass is 10.2. The number of hydrogen-bond donors (Lipinski definition) is 1. The van der Waals surface area contributed by atoms with E-state index in [1.54, 1.807) is 27.7 Å². The molecule has 0 saturated carbocycles. The summed E-state index contributed by atoms with van der Waals surface area (Å²) in [5, 5.41) is 0. The Morgan fingerprint density at radius 3 is 2.50 bits per heavy atom. The van der Waals surface area contributed by atoms with Crippen LogP contribution < -0.4 is 11.2 Å². The zero-order valence-corrected chi connectivity index (χ0v) is 18.9. The molecule has 2 heterocycles. The molecule has 1 saturated heterocycles. The van der Waals surface area contributed by atoms with E-state index in [-0.39, 0.29) is 18.6 Å². The van der Waals surface area contributed by atoms with E-state index in [0.717, 1.165) is 9.24 Å². The fraction of sp³-hybridized carbons (Fsp3) is 0.722. The molecule has 0 aliphatic carbocycles. The predicted octanol–water partition coefficient (Wildman–Crippen LogP) is 2.28. The molecule has 4 atom stereocenters. The molecule has 1 fully saturated rings. The molecular weight excluding hydrogens is 420 g/mol. The van der Waals surface area contributed by atoms with E-state index in [0.29, 0.717) is 0 Å². The number of aryl methyl sites for hydroxylation is 1. The number of carbonyl (C=O) groups is 1. The summed E-state index contributed by atoms with van der Waals surface area (Å²) in [6.45, 7) is 9.25. The van der Waals surface area contributed by atoms with Crippen molar-refractivity contribution in [3.05, 3.63) is 32.6 Å². The smallest absolute Gasteiger partial charge is 0.446 e. The first-order chi connectivity index (χ1) is 13.8. The molecule has 30 heavy (non-hydrogen) atoms. The molecule has 1 unspecified atom stereocenters. The van der Waals surface area contributed by atoms with E-state index in [4.69, 9.17) is 14.0 Å². The average Bonchev–Trinajstić information content (AvgIpc) is 2.96. The molecular formula is C18H29FN3O7P. The third kappa shape index (κ3) is 5.66. The molecule has 0 spiro atoms. The number of carbonyl (C=O) groups excluding carboxylic acids is 1. The van der Waals surface area contributed by atoms with Crippen molar-refractivity contribution in [2.45, 2.75) is 78.5 Å². The average molecular weight is 449 g/mol. The summed E-state index contributed by atoms with van der Waals surface area (Å²) in [7, 11) is -4.73. The van der Waals surface area contributed by atoms with Crippen molar-refractivity contribution in [3.63, 3.8) is 0 Å². The Bertz CT molecular complexity index is 921.